The van der Waals surface area contributed by atoms with Crippen LogP contribution in [0.25, 0.3) is 11.1 Å². The van der Waals surface area contributed by atoms with E-state index in [9.17, 15) is 8.60 Å². The maximum absolute atomic E-state index is 15.2. The Morgan fingerprint density at radius 1 is 1.17 bits per heavy atom. The molecule has 0 radical (unpaired) electrons. The van der Waals surface area contributed by atoms with Crippen LogP contribution in [-0.2, 0) is 15.5 Å². The number of anilines is 2. The van der Waals surface area contributed by atoms with Crippen LogP contribution in [0.15, 0.2) is 42.6 Å². The quantitative estimate of drug-likeness (QED) is 0.608. The Hall–Kier alpha value is -3.07. The van der Waals surface area contributed by atoms with Gasteiger partial charge < -0.3 is 10.1 Å². The second-order valence-electron chi connectivity index (χ2n) is 6.64. The van der Waals surface area contributed by atoms with Gasteiger partial charge >= 0.3 is 0 Å². The van der Waals surface area contributed by atoms with Gasteiger partial charge in [-0.05, 0) is 42.8 Å². The van der Waals surface area contributed by atoms with Gasteiger partial charge in [0.2, 0.25) is 0 Å². The standard InChI is InChI=1S/C20H20F2N4O2S/c1-12-8-13(11-29(3,23)27)9-18(25-12)26-20-19(22)16(6-7-24-20)15-5-4-14(21)10-17(15)28-2/h4-10,23H,11H2,1-3H3,(H,24,25,26). The number of pyridine rings is 2. The summed E-state index contributed by atoms with van der Waals surface area (Å²) in [6.07, 6.45) is 2.78. The van der Waals surface area contributed by atoms with Gasteiger partial charge in [-0.1, -0.05) is 0 Å². The number of aromatic nitrogens is 2. The van der Waals surface area contributed by atoms with E-state index in [2.05, 4.69) is 15.3 Å². The average molecular weight is 418 g/mol. The van der Waals surface area contributed by atoms with Crippen LogP contribution in [0.2, 0.25) is 0 Å². The highest BCUT2D eigenvalue weighted by Gasteiger charge is 2.16. The maximum Gasteiger partial charge on any atom is 0.173 e. The van der Waals surface area contributed by atoms with Gasteiger partial charge in [0, 0.05) is 45.1 Å². The molecule has 3 rings (SSSR count). The Labute approximate surface area is 168 Å². The van der Waals surface area contributed by atoms with Crippen LogP contribution < -0.4 is 10.1 Å². The lowest BCUT2D eigenvalue weighted by atomic mass is 10.0. The second-order valence-corrected chi connectivity index (χ2v) is 8.94. The molecule has 6 nitrogen and oxygen atoms in total. The molecule has 0 saturated carbocycles. The van der Waals surface area contributed by atoms with Crippen LogP contribution in [0, 0.1) is 23.3 Å². The lowest BCUT2D eigenvalue weighted by Gasteiger charge is -2.13. The zero-order valence-electron chi connectivity index (χ0n) is 16.1. The number of hydrogen-bond donors (Lipinski definition) is 2. The lowest BCUT2D eigenvalue weighted by molar-refractivity contribution is 0.412. The van der Waals surface area contributed by atoms with Gasteiger partial charge in [0.15, 0.2) is 11.6 Å². The molecular weight excluding hydrogens is 398 g/mol. The minimum Gasteiger partial charge on any atom is -0.496 e. The van der Waals surface area contributed by atoms with Crippen LogP contribution in [0.5, 0.6) is 5.75 Å². The topological polar surface area (TPSA) is 88.0 Å². The molecule has 0 aliphatic rings. The van der Waals surface area contributed by atoms with E-state index in [1.807, 2.05) is 0 Å². The molecule has 0 spiro atoms. The normalized spacial score (nSPS) is 13.0. The van der Waals surface area contributed by atoms with E-state index < -0.39 is 21.4 Å². The molecule has 1 atom stereocenters. The Morgan fingerprint density at radius 3 is 2.62 bits per heavy atom. The Kier molecular flexibility index (Phi) is 5.78. The predicted molar refractivity (Wildman–Crippen MR) is 109 cm³/mol. The third kappa shape index (κ3) is 5.05. The van der Waals surface area contributed by atoms with E-state index in [1.165, 1.54) is 43.8 Å². The summed E-state index contributed by atoms with van der Waals surface area (Å²) >= 11 is 0. The fourth-order valence-electron chi connectivity index (χ4n) is 2.95. The molecule has 0 aliphatic carbocycles. The first-order valence-electron chi connectivity index (χ1n) is 8.61. The molecule has 0 bridgehead atoms. The lowest BCUT2D eigenvalue weighted by Crippen LogP contribution is -2.04. The van der Waals surface area contributed by atoms with Crippen molar-refractivity contribution in [2.45, 2.75) is 12.7 Å². The van der Waals surface area contributed by atoms with E-state index in [-0.39, 0.29) is 22.9 Å². The van der Waals surface area contributed by atoms with E-state index in [0.29, 0.717) is 22.6 Å². The Morgan fingerprint density at radius 2 is 1.93 bits per heavy atom. The molecule has 0 aliphatic heterocycles. The van der Waals surface area contributed by atoms with E-state index >= 15 is 4.39 Å². The summed E-state index contributed by atoms with van der Waals surface area (Å²) in [4.78, 5) is 8.33. The summed E-state index contributed by atoms with van der Waals surface area (Å²) in [5, 5.41) is 2.83. The summed E-state index contributed by atoms with van der Waals surface area (Å²) < 4.78 is 53.2. The van der Waals surface area contributed by atoms with E-state index in [1.54, 1.807) is 19.1 Å². The number of halogens is 2. The van der Waals surface area contributed by atoms with Crippen molar-refractivity contribution in [3.05, 3.63) is 65.5 Å². The van der Waals surface area contributed by atoms with Crippen molar-refractivity contribution in [2.75, 3.05) is 18.7 Å². The Balaban J connectivity index is 1.99. The minimum absolute atomic E-state index is 0.0633. The third-order valence-electron chi connectivity index (χ3n) is 4.04. The summed E-state index contributed by atoms with van der Waals surface area (Å²) in [5.41, 5.74) is 1.86. The maximum atomic E-state index is 15.2. The van der Waals surface area contributed by atoms with Crippen LogP contribution >= 0.6 is 0 Å². The summed E-state index contributed by atoms with van der Waals surface area (Å²) in [6.45, 7) is 1.75. The zero-order valence-corrected chi connectivity index (χ0v) is 16.9. The fraction of sp³-hybridized carbons (Fsp3) is 0.200. The molecular formula is C20H20F2N4O2S. The molecule has 29 heavy (non-hydrogen) atoms. The highest BCUT2D eigenvalue weighted by Crippen LogP contribution is 2.34. The SMILES string of the molecule is COc1cc(F)ccc1-c1ccnc(Nc2cc(CS(C)(=N)=O)cc(C)n2)c1F. The van der Waals surface area contributed by atoms with E-state index in [0.717, 1.165) is 0 Å². The van der Waals surface area contributed by atoms with Crippen molar-refractivity contribution >= 4 is 21.4 Å². The number of rotatable bonds is 6. The highest BCUT2D eigenvalue weighted by molar-refractivity contribution is 7.90. The number of benzene rings is 1. The molecule has 1 unspecified atom stereocenters. The van der Waals surface area contributed by atoms with Gasteiger partial charge in [-0.2, -0.15) is 0 Å². The number of nitrogens with zero attached hydrogens (tertiary/aromatic N) is 2. The van der Waals surface area contributed by atoms with E-state index in [4.69, 9.17) is 9.52 Å². The molecule has 0 amide bonds. The molecule has 152 valence electrons. The smallest absolute Gasteiger partial charge is 0.173 e. The first-order chi connectivity index (χ1) is 13.7. The van der Waals surface area contributed by atoms with Crippen LogP contribution in [0.1, 0.15) is 11.3 Å². The van der Waals surface area contributed by atoms with Crippen LogP contribution in [0.4, 0.5) is 20.4 Å². The summed E-state index contributed by atoms with van der Waals surface area (Å²) in [5.74, 6) is -0.628. The number of methoxy groups -OCH3 is 1. The van der Waals surface area contributed by atoms with Crippen molar-refractivity contribution in [3.63, 3.8) is 0 Å². The molecule has 1 aromatic carbocycles. The largest absolute Gasteiger partial charge is 0.496 e. The molecule has 0 saturated heterocycles. The van der Waals surface area contributed by atoms with Gasteiger partial charge in [-0.25, -0.2) is 23.0 Å². The van der Waals surface area contributed by atoms with Crippen molar-refractivity contribution in [1.29, 1.82) is 4.78 Å². The van der Waals surface area contributed by atoms with Crippen LogP contribution in [-0.4, -0.2) is 27.5 Å². The molecule has 2 aromatic heterocycles. The van der Waals surface area contributed by atoms with Crippen molar-refractivity contribution in [3.8, 4) is 16.9 Å². The average Bonchev–Trinajstić information content (AvgIpc) is 2.61. The first-order valence-corrected chi connectivity index (χ1v) is 10.7. The molecule has 0 fully saturated rings. The second kappa shape index (κ2) is 8.12. The zero-order chi connectivity index (χ0) is 21.2. The predicted octanol–water partition coefficient (Wildman–Crippen LogP) is 4.66. The molecule has 2 heterocycles. The van der Waals surface area contributed by atoms with Crippen LogP contribution in [0.3, 0.4) is 0 Å². The highest BCUT2D eigenvalue weighted by atomic mass is 32.2. The third-order valence-corrected chi connectivity index (χ3v) is 4.93. The monoisotopic (exact) mass is 418 g/mol. The number of ether oxygens (including phenoxy) is 1. The molecule has 9 heteroatoms. The first kappa shape index (κ1) is 20.7. The van der Waals surface area contributed by atoms with Gasteiger partial charge in [-0.15, -0.1) is 0 Å². The fourth-order valence-corrected chi connectivity index (χ4v) is 3.76. The van der Waals surface area contributed by atoms with Crippen molar-refractivity contribution in [2.24, 2.45) is 0 Å². The number of aryl methyl sites for hydroxylation is 1. The van der Waals surface area contributed by atoms with Crippen molar-refractivity contribution in [1.82, 2.24) is 9.97 Å². The summed E-state index contributed by atoms with van der Waals surface area (Å²) in [7, 11) is -1.35. The molecule has 2 N–H and O–H groups in total. The van der Waals surface area contributed by atoms with Crippen molar-refractivity contribution < 1.29 is 17.7 Å². The number of nitrogens with one attached hydrogen (secondary N) is 2. The Bertz CT molecular complexity index is 1170. The van der Waals surface area contributed by atoms with Gasteiger partial charge in [0.05, 0.1) is 12.9 Å². The molecule has 3 aromatic rings. The van der Waals surface area contributed by atoms with Gasteiger partial charge in [0.25, 0.3) is 0 Å². The minimum atomic E-state index is -2.74. The summed E-state index contributed by atoms with van der Waals surface area (Å²) in [6, 6.07) is 8.65. The van der Waals surface area contributed by atoms with Gasteiger partial charge in [0.1, 0.15) is 17.4 Å². The number of hydrogen-bond acceptors (Lipinski definition) is 6. The van der Waals surface area contributed by atoms with Gasteiger partial charge in [-0.3, -0.25) is 4.78 Å².